The number of aliphatic hydroxyl groups is 1. The van der Waals surface area contributed by atoms with Crippen LogP contribution in [0.1, 0.15) is 29.5 Å². The van der Waals surface area contributed by atoms with Crippen LogP contribution in [-0.4, -0.2) is 23.7 Å². The van der Waals surface area contributed by atoms with Gasteiger partial charge in [-0.1, -0.05) is 24.0 Å². The van der Waals surface area contributed by atoms with Gasteiger partial charge >= 0.3 is 6.18 Å². The van der Waals surface area contributed by atoms with E-state index >= 15 is 0 Å². The molecule has 0 atom stereocenters. The summed E-state index contributed by atoms with van der Waals surface area (Å²) < 4.78 is 36.5. The van der Waals surface area contributed by atoms with Gasteiger partial charge in [-0.3, -0.25) is 4.79 Å². The summed E-state index contributed by atoms with van der Waals surface area (Å²) in [5, 5.41) is 8.61. The van der Waals surface area contributed by atoms with Gasteiger partial charge < -0.3 is 5.11 Å². The molecule has 0 fully saturated rings. The summed E-state index contributed by atoms with van der Waals surface area (Å²) in [6.45, 7) is 1.81. The molecule has 0 bridgehead atoms. The van der Waals surface area contributed by atoms with E-state index in [0.29, 0.717) is 24.0 Å². The maximum absolute atomic E-state index is 12.2. The number of halogens is 3. The Morgan fingerprint density at radius 2 is 2.05 bits per heavy atom. The molecule has 1 aromatic carbocycles. The van der Waals surface area contributed by atoms with E-state index in [0.717, 1.165) is 5.56 Å². The number of carbonyl (C=O) groups is 1. The molecule has 0 heterocycles. The minimum absolute atomic E-state index is 0.0755. The summed E-state index contributed by atoms with van der Waals surface area (Å²) in [6, 6.07) is 4.63. The number of carbonyl (C=O) groups excluding carboxylic acids is 1. The van der Waals surface area contributed by atoms with Gasteiger partial charge in [0.05, 0.1) is 0 Å². The van der Waals surface area contributed by atoms with Gasteiger partial charge in [0.15, 0.2) is 0 Å². The molecule has 2 nitrogen and oxygen atoms in total. The summed E-state index contributed by atoms with van der Waals surface area (Å²) in [5.41, 5.74) is 1.77. The zero-order chi connectivity index (χ0) is 15.2. The highest BCUT2D eigenvalue weighted by atomic mass is 19.4. The number of hydrogen-bond donors (Lipinski definition) is 1. The van der Waals surface area contributed by atoms with Crippen molar-refractivity contribution >= 4 is 5.78 Å². The van der Waals surface area contributed by atoms with Crippen LogP contribution < -0.4 is 0 Å². The van der Waals surface area contributed by atoms with Crippen molar-refractivity contribution in [2.45, 2.75) is 32.4 Å². The zero-order valence-corrected chi connectivity index (χ0v) is 11.0. The van der Waals surface area contributed by atoms with Gasteiger partial charge in [0.1, 0.15) is 0 Å². The Morgan fingerprint density at radius 1 is 1.35 bits per heavy atom. The first-order valence-corrected chi connectivity index (χ1v) is 6.14. The van der Waals surface area contributed by atoms with E-state index in [1.54, 1.807) is 19.1 Å². The van der Waals surface area contributed by atoms with E-state index in [1.807, 2.05) is 0 Å². The normalized spacial score (nSPS) is 10.8. The Labute approximate surface area is 115 Å². The van der Waals surface area contributed by atoms with Gasteiger partial charge in [-0.2, -0.15) is 13.2 Å². The molecule has 0 aliphatic carbocycles. The van der Waals surface area contributed by atoms with Crippen LogP contribution in [0.25, 0.3) is 0 Å². The van der Waals surface area contributed by atoms with Gasteiger partial charge in [0.2, 0.25) is 5.78 Å². The highest BCUT2D eigenvalue weighted by molar-refractivity contribution is 5.86. The number of rotatable bonds is 4. The molecule has 0 aliphatic heterocycles. The van der Waals surface area contributed by atoms with Gasteiger partial charge in [-0.25, -0.2) is 0 Å². The number of aliphatic hydroxyl groups excluding tert-OH is 1. The SMILES string of the molecule is Cc1cc(CC(=O)C(F)(F)F)ccc1C#CCCCO. The van der Waals surface area contributed by atoms with Crippen LogP contribution in [0.5, 0.6) is 0 Å². The minimum atomic E-state index is -4.79. The van der Waals surface area contributed by atoms with Crippen LogP contribution in [0.3, 0.4) is 0 Å². The standard InChI is InChI=1S/C15H15F3O2/c1-11-9-12(10-14(20)15(16,17)18)6-7-13(11)5-3-2-4-8-19/h6-7,9,19H,2,4,8,10H2,1H3. The lowest BCUT2D eigenvalue weighted by molar-refractivity contribution is -0.170. The van der Waals surface area contributed by atoms with Gasteiger partial charge in [0.25, 0.3) is 0 Å². The van der Waals surface area contributed by atoms with Crippen molar-refractivity contribution in [1.29, 1.82) is 0 Å². The number of alkyl halides is 3. The number of hydrogen-bond acceptors (Lipinski definition) is 2. The first kappa shape index (κ1) is 16.3. The van der Waals surface area contributed by atoms with Crippen LogP contribution in [0, 0.1) is 18.8 Å². The first-order valence-electron chi connectivity index (χ1n) is 6.14. The minimum Gasteiger partial charge on any atom is -0.396 e. The van der Waals surface area contributed by atoms with Crippen LogP contribution in [0.2, 0.25) is 0 Å². The average molecular weight is 284 g/mol. The fourth-order valence-electron chi connectivity index (χ4n) is 1.59. The summed E-state index contributed by atoms with van der Waals surface area (Å²) >= 11 is 0. The predicted octanol–water partition coefficient (Wildman–Crippen LogP) is 2.79. The van der Waals surface area contributed by atoms with E-state index in [9.17, 15) is 18.0 Å². The van der Waals surface area contributed by atoms with E-state index in [2.05, 4.69) is 11.8 Å². The number of aryl methyl sites for hydroxylation is 1. The van der Waals surface area contributed by atoms with Crippen molar-refractivity contribution in [3.8, 4) is 11.8 Å². The molecule has 0 unspecified atom stereocenters. The second-order valence-corrected chi connectivity index (χ2v) is 4.38. The highest BCUT2D eigenvalue weighted by Crippen LogP contribution is 2.19. The second-order valence-electron chi connectivity index (χ2n) is 4.38. The molecular weight excluding hydrogens is 269 g/mol. The van der Waals surface area contributed by atoms with Crippen LogP contribution in [0.15, 0.2) is 18.2 Å². The molecule has 1 aromatic rings. The zero-order valence-electron chi connectivity index (χ0n) is 11.0. The molecule has 1 rings (SSSR count). The van der Waals surface area contributed by atoms with E-state index < -0.39 is 18.4 Å². The van der Waals surface area contributed by atoms with Gasteiger partial charge in [0, 0.05) is 25.0 Å². The van der Waals surface area contributed by atoms with E-state index in [1.165, 1.54) is 6.07 Å². The fourth-order valence-corrected chi connectivity index (χ4v) is 1.59. The van der Waals surface area contributed by atoms with Crippen molar-refractivity contribution in [3.63, 3.8) is 0 Å². The molecule has 5 heteroatoms. The molecule has 0 spiro atoms. The third-order valence-corrected chi connectivity index (χ3v) is 2.65. The monoisotopic (exact) mass is 284 g/mol. The smallest absolute Gasteiger partial charge is 0.396 e. The lowest BCUT2D eigenvalue weighted by Gasteiger charge is -2.06. The third-order valence-electron chi connectivity index (χ3n) is 2.65. The van der Waals surface area contributed by atoms with Crippen LogP contribution in [0.4, 0.5) is 13.2 Å². The first-order chi connectivity index (χ1) is 9.34. The largest absolute Gasteiger partial charge is 0.450 e. The van der Waals surface area contributed by atoms with E-state index in [-0.39, 0.29) is 6.61 Å². The second kappa shape index (κ2) is 7.11. The number of unbranched alkanes of at least 4 members (excludes halogenated alkanes) is 1. The molecular formula is C15H15F3O2. The number of benzene rings is 1. The van der Waals surface area contributed by atoms with Gasteiger partial charge in [-0.15, -0.1) is 0 Å². The number of ketones is 1. The molecule has 0 amide bonds. The highest BCUT2D eigenvalue weighted by Gasteiger charge is 2.37. The van der Waals surface area contributed by atoms with Crippen molar-refractivity contribution in [3.05, 3.63) is 34.9 Å². The molecule has 20 heavy (non-hydrogen) atoms. The Kier molecular flexibility index (Phi) is 5.78. The maximum atomic E-state index is 12.2. The summed E-state index contributed by atoms with van der Waals surface area (Å²) in [5.74, 6) is 4.01. The quantitative estimate of drug-likeness (QED) is 0.682. The Morgan fingerprint density at radius 3 is 2.60 bits per heavy atom. The lowest BCUT2D eigenvalue weighted by atomic mass is 10.0. The molecule has 0 saturated carbocycles. The fraction of sp³-hybridized carbons (Fsp3) is 0.400. The maximum Gasteiger partial charge on any atom is 0.450 e. The average Bonchev–Trinajstić information content (AvgIpc) is 2.35. The van der Waals surface area contributed by atoms with Crippen molar-refractivity contribution in [2.24, 2.45) is 0 Å². The molecule has 0 radical (unpaired) electrons. The lowest BCUT2D eigenvalue weighted by Crippen LogP contribution is -2.24. The molecule has 1 N–H and O–H groups in total. The van der Waals surface area contributed by atoms with Crippen molar-refractivity contribution in [2.75, 3.05) is 6.61 Å². The number of Topliss-reactive ketones (excluding diaryl/α,β-unsaturated/α-hetero) is 1. The summed E-state index contributed by atoms with van der Waals surface area (Å²) in [7, 11) is 0. The Balaban J connectivity index is 2.77. The summed E-state index contributed by atoms with van der Waals surface area (Å²) in [6.07, 6.45) is -4.30. The van der Waals surface area contributed by atoms with Gasteiger partial charge in [-0.05, 0) is 30.5 Å². The third kappa shape index (κ3) is 5.06. The van der Waals surface area contributed by atoms with E-state index in [4.69, 9.17) is 5.11 Å². The van der Waals surface area contributed by atoms with Crippen LogP contribution in [-0.2, 0) is 11.2 Å². The molecule has 108 valence electrons. The Hall–Kier alpha value is -1.80. The van der Waals surface area contributed by atoms with Crippen molar-refractivity contribution in [1.82, 2.24) is 0 Å². The van der Waals surface area contributed by atoms with Crippen molar-refractivity contribution < 1.29 is 23.1 Å². The topological polar surface area (TPSA) is 37.3 Å². The molecule has 0 saturated heterocycles. The Bertz CT molecular complexity index is 536. The summed E-state index contributed by atoms with van der Waals surface area (Å²) in [4.78, 5) is 10.9. The van der Waals surface area contributed by atoms with Crippen LogP contribution >= 0.6 is 0 Å². The molecule has 0 aromatic heterocycles. The molecule has 0 aliphatic rings. The predicted molar refractivity (Wildman–Crippen MR) is 69.1 cm³/mol.